The van der Waals surface area contributed by atoms with Gasteiger partial charge in [0.2, 0.25) is 11.8 Å². The summed E-state index contributed by atoms with van der Waals surface area (Å²) >= 11 is 0. The molecule has 2 N–H and O–H groups in total. The minimum absolute atomic E-state index is 0.00597. The largest absolute Gasteiger partial charge is 0.361 e. The van der Waals surface area contributed by atoms with E-state index in [0.717, 1.165) is 16.5 Å². The Labute approximate surface area is 144 Å². The Morgan fingerprint density at radius 1 is 1.24 bits per heavy atom. The van der Waals surface area contributed by atoms with Gasteiger partial charge in [-0.15, -0.1) is 0 Å². The molecule has 1 saturated heterocycles. The van der Waals surface area contributed by atoms with Crippen LogP contribution in [0.15, 0.2) is 54.9 Å². The molecule has 1 aliphatic rings. The van der Waals surface area contributed by atoms with Crippen LogP contribution in [0.2, 0.25) is 0 Å². The molecule has 25 heavy (non-hydrogen) atoms. The molecule has 0 spiro atoms. The highest BCUT2D eigenvalue weighted by molar-refractivity contribution is 5.98. The van der Waals surface area contributed by atoms with Gasteiger partial charge in [0.25, 0.3) is 0 Å². The van der Waals surface area contributed by atoms with Gasteiger partial charge in [0.15, 0.2) is 0 Å². The van der Waals surface area contributed by atoms with Crippen LogP contribution >= 0.6 is 0 Å². The van der Waals surface area contributed by atoms with Crippen molar-refractivity contribution in [3.8, 4) is 0 Å². The van der Waals surface area contributed by atoms with E-state index in [0.29, 0.717) is 25.2 Å². The second kappa shape index (κ2) is 6.39. The maximum absolute atomic E-state index is 12.6. The number of hydrogen-bond donors (Lipinski definition) is 2. The number of anilines is 1. The lowest BCUT2D eigenvalue weighted by Gasteiger charge is -2.23. The van der Waals surface area contributed by atoms with Crippen LogP contribution in [-0.4, -0.2) is 32.7 Å². The molecular weight excluding hydrogens is 316 g/mol. The van der Waals surface area contributed by atoms with Gasteiger partial charge in [0.1, 0.15) is 11.9 Å². The molecule has 6 nitrogen and oxygen atoms in total. The minimum atomic E-state index is -0.469. The zero-order valence-electron chi connectivity index (χ0n) is 13.6. The van der Waals surface area contributed by atoms with Gasteiger partial charge in [0, 0.05) is 36.3 Å². The van der Waals surface area contributed by atoms with Crippen LogP contribution in [0, 0.1) is 0 Å². The van der Waals surface area contributed by atoms with Crippen molar-refractivity contribution in [1.29, 1.82) is 0 Å². The zero-order valence-corrected chi connectivity index (χ0v) is 13.6. The highest BCUT2D eigenvalue weighted by atomic mass is 16.2. The first-order chi connectivity index (χ1) is 12.2. The number of pyridine rings is 1. The number of aromatic nitrogens is 2. The summed E-state index contributed by atoms with van der Waals surface area (Å²) in [6.07, 6.45) is 4.45. The molecule has 1 unspecified atom stereocenters. The van der Waals surface area contributed by atoms with Crippen molar-refractivity contribution in [1.82, 2.24) is 14.9 Å². The van der Waals surface area contributed by atoms with Gasteiger partial charge < -0.3 is 15.2 Å². The third-order valence-electron chi connectivity index (χ3n) is 4.56. The Bertz CT molecular complexity index is 919. The Kier molecular flexibility index (Phi) is 3.93. The lowest BCUT2D eigenvalue weighted by atomic mass is 10.1. The molecule has 1 aliphatic heterocycles. The topological polar surface area (TPSA) is 78.1 Å². The standard InChI is InChI=1S/C19H18N4O2/c24-18-9-8-16(19(25)22-17-7-3-4-10-20-17)23(18)12-13-11-21-15-6-2-1-5-14(13)15/h1-7,10-11,16,21H,8-9,12H2,(H,20,22,25). The predicted octanol–water partition coefficient (Wildman–Crippen LogP) is 2.69. The van der Waals surface area contributed by atoms with Gasteiger partial charge in [-0.3, -0.25) is 9.59 Å². The molecule has 1 atom stereocenters. The molecule has 1 aromatic carbocycles. The maximum atomic E-state index is 12.6. The number of benzene rings is 1. The molecule has 0 aliphatic carbocycles. The number of likely N-dealkylation sites (tertiary alicyclic amines) is 1. The van der Waals surface area contributed by atoms with E-state index in [1.165, 1.54) is 0 Å². The van der Waals surface area contributed by atoms with E-state index in [2.05, 4.69) is 15.3 Å². The highest BCUT2D eigenvalue weighted by Gasteiger charge is 2.36. The molecule has 3 aromatic rings. The lowest BCUT2D eigenvalue weighted by molar-refractivity contribution is -0.133. The van der Waals surface area contributed by atoms with Crippen LogP contribution in [0.5, 0.6) is 0 Å². The number of rotatable bonds is 4. The molecule has 3 heterocycles. The van der Waals surface area contributed by atoms with E-state index in [1.54, 1.807) is 23.2 Å². The summed E-state index contributed by atoms with van der Waals surface area (Å²) in [5, 5.41) is 3.87. The van der Waals surface area contributed by atoms with Crippen LogP contribution in [0.4, 0.5) is 5.82 Å². The van der Waals surface area contributed by atoms with E-state index < -0.39 is 6.04 Å². The first-order valence-electron chi connectivity index (χ1n) is 8.29. The quantitative estimate of drug-likeness (QED) is 0.770. The summed E-state index contributed by atoms with van der Waals surface area (Å²) in [5.41, 5.74) is 2.04. The van der Waals surface area contributed by atoms with Gasteiger partial charge >= 0.3 is 0 Å². The van der Waals surface area contributed by atoms with Crippen molar-refractivity contribution < 1.29 is 9.59 Å². The number of nitrogens with one attached hydrogen (secondary N) is 2. The first-order valence-corrected chi connectivity index (χ1v) is 8.29. The molecule has 1 fully saturated rings. The van der Waals surface area contributed by atoms with Gasteiger partial charge in [-0.25, -0.2) is 4.98 Å². The van der Waals surface area contributed by atoms with Gasteiger partial charge in [-0.05, 0) is 30.2 Å². The molecule has 0 bridgehead atoms. The molecule has 0 radical (unpaired) electrons. The van der Waals surface area contributed by atoms with Crippen LogP contribution in [0.1, 0.15) is 18.4 Å². The fourth-order valence-electron chi connectivity index (χ4n) is 3.30. The second-order valence-corrected chi connectivity index (χ2v) is 6.14. The normalized spacial score (nSPS) is 17.2. The van der Waals surface area contributed by atoms with Crippen molar-refractivity contribution in [2.24, 2.45) is 0 Å². The van der Waals surface area contributed by atoms with E-state index in [1.807, 2.05) is 36.5 Å². The van der Waals surface area contributed by atoms with Crippen LogP contribution in [0.25, 0.3) is 10.9 Å². The monoisotopic (exact) mass is 334 g/mol. The molecular formula is C19H18N4O2. The molecule has 6 heteroatoms. The van der Waals surface area contributed by atoms with Crippen LogP contribution in [-0.2, 0) is 16.1 Å². The predicted molar refractivity (Wildman–Crippen MR) is 94.7 cm³/mol. The number of aromatic amines is 1. The van der Waals surface area contributed by atoms with E-state index >= 15 is 0 Å². The summed E-state index contributed by atoms with van der Waals surface area (Å²) < 4.78 is 0. The van der Waals surface area contributed by atoms with Crippen molar-refractivity contribution >= 4 is 28.5 Å². The number of para-hydroxylation sites is 1. The zero-order chi connectivity index (χ0) is 17.2. The summed E-state index contributed by atoms with van der Waals surface area (Å²) in [5.74, 6) is 0.315. The Balaban J connectivity index is 1.54. The van der Waals surface area contributed by atoms with Gasteiger partial charge in [-0.2, -0.15) is 0 Å². The Morgan fingerprint density at radius 2 is 2.08 bits per heavy atom. The number of carbonyl (C=O) groups is 2. The average Bonchev–Trinajstić information content (AvgIpc) is 3.21. The molecule has 2 aromatic heterocycles. The Morgan fingerprint density at radius 3 is 2.92 bits per heavy atom. The van der Waals surface area contributed by atoms with Gasteiger partial charge in [-0.1, -0.05) is 24.3 Å². The number of nitrogens with zero attached hydrogens (tertiary/aromatic N) is 2. The van der Waals surface area contributed by atoms with Crippen molar-refractivity contribution in [3.05, 3.63) is 60.4 Å². The molecule has 2 amide bonds. The molecule has 0 saturated carbocycles. The van der Waals surface area contributed by atoms with Crippen molar-refractivity contribution in [2.45, 2.75) is 25.4 Å². The van der Waals surface area contributed by atoms with Crippen LogP contribution < -0.4 is 5.32 Å². The number of fused-ring (bicyclic) bond motifs is 1. The van der Waals surface area contributed by atoms with Crippen molar-refractivity contribution in [2.75, 3.05) is 5.32 Å². The summed E-state index contributed by atoms with van der Waals surface area (Å²) in [6, 6.07) is 12.8. The lowest BCUT2D eigenvalue weighted by Crippen LogP contribution is -2.41. The fraction of sp³-hybridized carbons (Fsp3) is 0.211. The summed E-state index contributed by atoms with van der Waals surface area (Å²) in [7, 11) is 0. The number of amides is 2. The summed E-state index contributed by atoms with van der Waals surface area (Å²) in [4.78, 5) is 33.9. The van der Waals surface area contributed by atoms with Crippen LogP contribution in [0.3, 0.4) is 0 Å². The molecule has 4 rings (SSSR count). The maximum Gasteiger partial charge on any atom is 0.248 e. The van der Waals surface area contributed by atoms with E-state index in [-0.39, 0.29) is 11.8 Å². The number of hydrogen-bond acceptors (Lipinski definition) is 3. The summed E-state index contributed by atoms with van der Waals surface area (Å²) in [6.45, 7) is 0.420. The van der Waals surface area contributed by atoms with E-state index in [9.17, 15) is 9.59 Å². The third kappa shape index (κ3) is 2.98. The van der Waals surface area contributed by atoms with Gasteiger partial charge in [0.05, 0.1) is 0 Å². The Hall–Kier alpha value is -3.15. The minimum Gasteiger partial charge on any atom is -0.361 e. The second-order valence-electron chi connectivity index (χ2n) is 6.14. The highest BCUT2D eigenvalue weighted by Crippen LogP contribution is 2.26. The van der Waals surface area contributed by atoms with Crippen molar-refractivity contribution in [3.63, 3.8) is 0 Å². The smallest absolute Gasteiger partial charge is 0.248 e. The first kappa shape index (κ1) is 15.4. The fourth-order valence-corrected chi connectivity index (χ4v) is 3.30. The number of H-pyrrole nitrogens is 1. The molecule has 126 valence electrons. The van der Waals surface area contributed by atoms with E-state index in [4.69, 9.17) is 0 Å². The number of carbonyl (C=O) groups excluding carboxylic acids is 2. The third-order valence-corrected chi connectivity index (χ3v) is 4.56. The average molecular weight is 334 g/mol. The SMILES string of the molecule is O=C(Nc1ccccn1)C1CCC(=O)N1Cc1c[nH]c2ccccc12.